The summed E-state index contributed by atoms with van der Waals surface area (Å²) < 4.78 is 15.0. The fourth-order valence-corrected chi connectivity index (χ4v) is 5.76. The van der Waals surface area contributed by atoms with Crippen molar-refractivity contribution in [2.75, 3.05) is 52.4 Å². The molecule has 2 rings (SSSR count). The lowest BCUT2D eigenvalue weighted by Crippen LogP contribution is -2.47. The standard InChI is InChI=1S/C14H10O5S.2C8H20N/c15-13(16)9-5-1-3-7-11(9)20(19)12-8-4-2-6-10(12)14(17)18;2*1-5-9(6-2,7-3)8-4/h1-8H,(H,15,16)(H,17,18);2*5-8H2,1-4H3/q;2*+1. The summed E-state index contributed by atoms with van der Waals surface area (Å²) in [6.45, 7) is 28.4. The molecule has 214 valence electrons. The van der Waals surface area contributed by atoms with Crippen LogP contribution in [0.1, 0.15) is 76.1 Å². The lowest BCUT2D eigenvalue weighted by atomic mass is 10.2. The van der Waals surface area contributed by atoms with Crippen molar-refractivity contribution in [1.29, 1.82) is 0 Å². The number of benzene rings is 2. The van der Waals surface area contributed by atoms with Gasteiger partial charge >= 0.3 is 11.9 Å². The molecule has 0 aliphatic heterocycles. The SMILES string of the molecule is CC[N+](CC)(CC)CC.CC[N+](CC)(CC)CC.O=C(O)c1ccccc1[S+]([O-])c1ccccc1C(=O)O. The summed E-state index contributed by atoms with van der Waals surface area (Å²) in [5.74, 6) is -2.41. The van der Waals surface area contributed by atoms with Gasteiger partial charge in [0.2, 0.25) is 0 Å². The molecular weight excluding hydrogens is 500 g/mol. The molecule has 2 N–H and O–H groups in total. The summed E-state index contributed by atoms with van der Waals surface area (Å²) in [5, 5.41) is 18.2. The van der Waals surface area contributed by atoms with Crippen LogP contribution >= 0.6 is 0 Å². The van der Waals surface area contributed by atoms with Gasteiger partial charge in [-0.05, 0) is 79.7 Å². The van der Waals surface area contributed by atoms with Crippen LogP contribution < -0.4 is 0 Å². The average molecular weight is 551 g/mol. The number of hydrogen-bond donors (Lipinski definition) is 2. The number of carboxylic acids is 2. The monoisotopic (exact) mass is 550 g/mol. The highest BCUT2D eigenvalue weighted by molar-refractivity contribution is 7.91. The Labute approximate surface area is 233 Å². The second kappa shape index (κ2) is 18.0. The van der Waals surface area contributed by atoms with E-state index in [-0.39, 0.29) is 20.9 Å². The molecule has 0 aliphatic rings. The molecule has 0 atom stereocenters. The lowest BCUT2D eigenvalue weighted by molar-refractivity contribution is -0.921. The molecule has 8 heteroatoms. The van der Waals surface area contributed by atoms with Gasteiger partial charge in [0.1, 0.15) is 11.1 Å². The van der Waals surface area contributed by atoms with Crippen molar-refractivity contribution in [2.45, 2.75) is 65.2 Å². The highest BCUT2D eigenvalue weighted by Gasteiger charge is 2.26. The normalized spacial score (nSPS) is 11.2. The van der Waals surface area contributed by atoms with E-state index in [0.29, 0.717) is 0 Å². The summed E-state index contributed by atoms with van der Waals surface area (Å²) in [6.07, 6.45) is 0. The van der Waals surface area contributed by atoms with Crippen LogP contribution in [0.2, 0.25) is 0 Å². The van der Waals surface area contributed by atoms with Gasteiger partial charge in [-0.25, -0.2) is 9.59 Å². The van der Waals surface area contributed by atoms with Gasteiger partial charge in [-0.2, -0.15) is 0 Å². The number of carboxylic acid groups (broad SMARTS) is 2. The fourth-order valence-electron chi connectivity index (χ4n) is 4.41. The minimum Gasteiger partial charge on any atom is -0.606 e. The van der Waals surface area contributed by atoms with Gasteiger partial charge in [0.15, 0.2) is 9.79 Å². The van der Waals surface area contributed by atoms with E-state index in [0.717, 1.165) is 0 Å². The molecule has 0 bridgehead atoms. The Hall–Kier alpha value is -2.39. The number of rotatable bonds is 12. The molecule has 0 heterocycles. The molecule has 0 unspecified atom stereocenters. The number of quaternary nitrogens is 2. The quantitative estimate of drug-likeness (QED) is 0.249. The summed E-state index contributed by atoms with van der Waals surface area (Å²) in [7, 11) is 0. The number of carbonyl (C=O) groups is 2. The van der Waals surface area contributed by atoms with Crippen LogP contribution in [-0.2, 0) is 11.2 Å². The van der Waals surface area contributed by atoms with Crippen LogP contribution in [0.25, 0.3) is 0 Å². The molecule has 7 nitrogen and oxygen atoms in total. The second-order valence-electron chi connectivity index (χ2n) is 9.08. The van der Waals surface area contributed by atoms with E-state index in [4.69, 9.17) is 10.2 Å². The van der Waals surface area contributed by atoms with Gasteiger partial charge in [0.05, 0.1) is 52.4 Å². The van der Waals surface area contributed by atoms with E-state index in [1.54, 1.807) is 12.1 Å². The van der Waals surface area contributed by atoms with E-state index in [9.17, 15) is 14.1 Å². The average Bonchev–Trinajstić information content (AvgIpc) is 2.96. The number of nitrogens with zero attached hydrogens (tertiary/aromatic N) is 2. The Morgan fingerprint density at radius 3 is 1.00 bits per heavy atom. The van der Waals surface area contributed by atoms with Crippen LogP contribution in [0, 0.1) is 0 Å². The molecule has 38 heavy (non-hydrogen) atoms. The van der Waals surface area contributed by atoms with E-state index in [2.05, 4.69) is 55.4 Å². The summed E-state index contributed by atoms with van der Waals surface area (Å²) in [5.41, 5.74) is -0.211. The molecule has 0 aromatic heterocycles. The minimum atomic E-state index is -1.87. The first kappa shape index (κ1) is 35.6. The van der Waals surface area contributed by atoms with Gasteiger partial charge in [-0.15, -0.1) is 0 Å². The first-order valence-electron chi connectivity index (χ1n) is 13.8. The van der Waals surface area contributed by atoms with E-state index < -0.39 is 23.1 Å². The number of aromatic carboxylic acids is 2. The molecular formula is C30H50N2O5S+2. The van der Waals surface area contributed by atoms with Crippen LogP contribution in [0.5, 0.6) is 0 Å². The topological polar surface area (TPSA) is 97.7 Å². The Morgan fingerprint density at radius 1 is 0.579 bits per heavy atom. The Balaban J connectivity index is 0.000000636. The van der Waals surface area contributed by atoms with Crippen molar-refractivity contribution in [3.8, 4) is 0 Å². The van der Waals surface area contributed by atoms with E-state index >= 15 is 0 Å². The van der Waals surface area contributed by atoms with E-state index in [1.165, 1.54) is 97.7 Å². The van der Waals surface area contributed by atoms with Crippen molar-refractivity contribution in [2.24, 2.45) is 0 Å². The first-order valence-corrected chi connectivity index (χ1v) is 14.9. The lowest BCUT2D eigenvalue weighted by Gasteiger charge is -2.34. The molecule has 0 fully saturated rings. The Kier molecular flexibility index (Phi) is 16.9. The third-order valence-electron chi connectivity index (χ3n) is 8.00. The third kappa shape index (κ3) is 10.1. The van der Waals surface area contributed by atoms with Crippen LogP contribution in [0.15, 0.2) is 58.3 Å². The maximum absolute atomic E-state index is 12.5. The van der Waals surface area contributed by atoms with Crippen molar-refractivity contribution in [3.63, 3.8) is 0 Å². The highest BCUT2D eigenvalue weighted by atomic mass is 32.2. The molecule has 0 spiro atoms. The fraction of sp³-hybridized carbons (Fsp3) is 0.533. The predicted octanol–water partition coefficient (Wildman–Crippen LogP) is 6.02. The summed E-state index contributed by atoms with van der Waals surface area (Å²) in [6, 6.07) is 11.7. The molecule has 2 aromatic rings. The minimum absolute atomic E-state index is 0.0775. The maximum Gasteiger partial charge on any atom is 0.340 e. The van der Waals surface area contributed by atoms with Crippen molar-refractivity contribution < 1.29 is 33.3 Å². The Morgan fingerprint density at radius 2 is 0.816 bits per heavy atom. The van der Waals surface area contributed by atoms with Crippen LogP contribution in [0.3, 0.4) is 0 Å². The van der Waals surface area contributed by atoms with Gasteiger partial charge in [0, 0.05) is 11.2 Å². The first-order chi connectivity index (χ1) is 18.0. The molecule has 0 amide bonds. The van der Waals surface area contributed by atoms with Gasteiger partial charge in [-0.1, -0.05) is 24.3 Å². The Bertz CT molecular complexity index is 862. The number of hydrogen-bond acceptors (Lipinski definition) is 3. The predicted molar refractivity (Wildman–Crippen MR) is 156 cm³/mol. The van der Waals surface area contributed by atoms with Crippen molar-refractivity contribution >= 4 is 23.1 Å². The van der Waals surface area contributed by atoms with Crippen LogP contribution in [0.4, 0.5) is 0 Å². The molecule has 0 radical (unpaired) electrons. The van der Waals surface area contributed by atoms with Gasteiger partial charge in [-0.3, -0.25) is 0 Å². The zero-order valence-electron chi connectivity index (χ0n) is 24.7. The molecule has 2 aromatic carbocycles. The summed E-state index contributed by atoms with van der Waals surface area (Å²) in [4.78, 5) is 22.4. The zero-order valence-corrected chi connectivity index (χ0v) is 25.5. The van der Waals surface area contributed by atoms with Gasteiger partial charge < -0.3 is 23.7 Å². The molecule has 0 aliphatic carbocycles. The van der Waals surface area contributed by atoms with Gasteiger partial charge in [0.25, 0.3) is 0 Å². The smallest absolute Gasteiger partial charge is 0.340 e. The summed E-state index contributed by atoms with van der Waals surface area (Å²) >= 11 is -1.87. The van der Waals surface area contributed by atoms with Crippen LogP contribution in [-0.4, -0.2) is 88.0 Å². The largest absolute Gasteiger partial charge is 0.606 e. The maximum atomic E-state index is 12.5. The van der Waals surface area contributed by atoms with Crippen molar-refractivity contribution in [3.05, 3.63) is 59.7 Å². The van der Waals surface area contributed by atoms with Crippen molar-refractivity contribution in [1.82, 2.24) is 0 Å². The van der Waals surface area contributed by atoms with E-state index in [1.807, 2.05) is 0 Å². The zero-order chi connectivity index (χ0) is 29.4. The molecule has 0 saturated heterocycles. The highest BCUT2D eigenvalue weighted by Crippen LogP contribution is 2.26. The second-order valence-corrected chi connectivity index (χ2v) is 10.5. The molecule has 0 saturated carbocycles. The third-order valence-corrected chi connectivity index (χ3v) is 9.51.